The van der Waals surface area contributed by atoms with Gasteiger partial charge in [-0.2, -0.15) is 0 Å². The number of rotatable bonds is 4. The van der Waals surface area contributed by atoms with Crippen LogP contribution in [0, 0.1) is 0 Å². The van der Waals surface area contributed by atoms with Gasteiger partial charge in [0.05, 0.1) is 0 Å². The zero-order chi connectivity index (χ0) is 8.20. The number of hydrogen-bond donors (Lipinski definition) is 1. The molecule has 0 saturated carbocycles. The Morgan fingerprint density at radius 1 is 1.30 bits per heavy atom. The van der Waals surface area contributed by atoms with Crippen LogP contribution in [0.5, 0.6) is 0 Å². The monoisotopic (exact) mass is 175 g/mol. The highest BCUT2D eigenvalue weighted by Gasteiger charge is 2.17. The minimum absolute atomic E-state index is 0.290. The average molecular weight is 175 g/mol. The summed E-state index contributed by atoms with van der Waals surface area (Å²) in [5.41, 5.74) is 0. The smallest absolute Gasteiger partial charge is 0.118 e. The minimum atomic E-state index is -0.955. The molecule has 0 radical (unpaired) electrons. The summed E-state index contributed by atoms with van der Waals surface area (Å²) in [4.78, 5) is 3.46. The van der Waals surface area contributed by atoms with Gasteiger partial charge >= 0.3 is 0 Å². The van der Waals surface area contributed by atoms with Gasteiger partial charge in [-0.25, -0.2) is 0 Å². The maximum atomic E-state index is 3.46. The lowest BCUT2D eigenvalue weighted by atomic mass is 10.9. The zero-order valence-corrected chi connectivity index (χ0v) is 10.1. The molecule has 0 spiro atoms. The second-order valence-electron chi connectivity index (χ2n) is 4.07. The summed E-state index contributed by atoms with van der Waals surface area (Å²) in [6.07, 6.45) is 0. The topological polar surface area (TPSA) is 12.0 Å². The summed E-state index contributed by atoms with van der Waals surface area (Å²) >= 11 is 0. The molecule has 0 aliphatic heterocycles. The van der Waals surface area contributed by atoms with Gasteiger partial charge in [0.15, 0.2) is 0 Å². The molecule has 0 bridgehead atoms. The summed E-state index contributed by atoms with van der Waals surface area (Å²) in [7, 11) is 0.860. The van der Waals surface area contributed by atoms with Crippen LogP contribution in [0.2, 0.25) is 38.3 Å². The van der Waals surface area contributed by atoms with Gasteiger partial charge in [0.25, 0.3) is 0 Å². The fraction of sp³-hybridized carbons (Fsp3) is 1.00. The molecule has 0 heterocycles. The molecule has 0 unspecified atom stereocenters. The molecule has 10 heavy (non-hydrogen) atoms. The van der Waals surface area contributed by atoms with Gasteiger partial charge in [-0.05, 0) is 13.1 Å². The van der Waals surface area contributed by atoms with E-state index in [-0.39, 0.29) is 8.80 Å². The molecular weight excluding hydrogens is 154 g/mol. The quantitative estimate of drug-likeness (QED) is 0.644. The maximum absolute atomic E-state index is 3.46. The molecule has 0 aliphatic carbocycles. The summed E-state index contributed by atoms with van der Waals surface area (Å²) in [5, 5.41) is 0. The van der Waals surface area contributed by atoms with Crippen LogP contribution in [0.4, 0.5) is 0 Å². The van der Waals surface area contributed by atoms with Crippen molar-refractivity contribution in [1.82, 2.24) is 4.98 Å². The fourth-order valence-electron chi connectivity index (χ4n) is 0.775. The van der Waals surface area contributed by atoms with Gasteiger partial charge in [-0.1, -0.05) is 32.2 Å². The van der Waals surface area contributed by atoms with Crippen molar-refractivity contribution in [3.63, 3.8) is 0 Å². The van der Waals surface area contributed by atoms with E-state index in [2.05, 4.69) is 38.2 Å². The van der Waals surface area contributed by atoms with Crippen molar-refractivity contribution in [2.45, 2.75) is 38.3 Å². The van der Waals surface area contributed by atoms with E-state index in [4.69, 9.17) is 0 Å². The first-order valence-electron chi connectivity index (χ1n) is 4.17. The molecule has 62 valence electrons. The molecular formula is C7H21NSi2. The van der Waals surface area contributed by atoms with Crippen molar-refractivity contribution in [2.75, 3.05) is 7.05 Å². The summed E-state index contributed by atoms with van der Waals surface area (Å²) < 4.78 is 0. The van der Waals surface area contributed by atoms with Crippen molar-refractivity contribution in [3.8, 4) is 0 Å². The maximum Gasteiger partial charge on any atom is 0.118 e. The molecule has 0 saturated heterocycles. The third kappa shape index (κ3) is 5.20. The summed E-state index contributed by atoms with van der Waals surface area (Å²) in [6.45, 7) is 9.67. The molecule has 0 aliphatic rings. The van der Waals surface area contributed by atoms with Crippen molar-refractivity contribution in [1.29, 1.82) is 0 Å². The molecule has 0 rings (SSSR count). The second-order valence-corrected chi connectivity index (χ2v) is 12.2. The predicted molar refractivity (Wildman–Crippen MR) is 55.0 cm³/mol. The molecule has 1 N–H and O–H groups in total. The van der Waals surface area contributed by atoms with Crippen LogP contribution in [0.15, 0.2) is 0 Å². The first-order valence-corrected chi connectivity index (χ1v) is 10.5. The van der Waals surface area contributed by atoms with Crippen LogP contribution in [-0.2, 0) is 0 Å². The Balaban J connectivity index is 3.46. The molecule has 0 aromatic rings. The largest absolute Gasteiger partial charge is 0.340 e. The highest BCUT2D eigenvalue weighted by Crippen LogP contribution is 2.10. The van der Waals surface area contributed by atoms with Gasteiger partial charge < -0.3 is 4.98 Å². The van der Waals surface area contributed by atoms with Gasteiger partial charge in [0, 0.05) is 8.80 Å². The number of hydrogen-bond acceptors (Lipinski definition) is 1. The summed E-state index contributed by atoms with van der Waals surface area (Å²) in [5.74, 6) is 0. The van der Waals surface area contributed by atoms with E-state index in [0.717, 1.165) is 0 Å². The van der Waals surface area contributed by atoms with Crippen molar-refractivity contribution in [2.24, 2.45) is 0 Å². The van der Waals surface area contributed by atoms with E-state index in [0.29, 0.717) is 0 Å². The highest BCUT2D eigenvalue weighted by atomic mass is 28.3. The van der Waals surface area contributed by atoms with Crippen molar-refractivity contribution < 1.29 is 0 Å². The van der Waals surface area contributed by atoms with Gasteiger partial charge in [0.1, 0.15) is 8.24 Å². The molecule has 1 nitrogen and oxygen atoms in total. The van der Waals surface area contributed by atoms with Gasteiger partial charge in [-0.15, -0.1) is 0 Å². The van der Waals surface area contributed by atoms with E-state index >= 15 is 0 Å². The van der Waals surface area contributed by atoms with E-state index in [1.807, 2.05) is 0 Å². The zero-order valence-electron chi connectivity index (χ0n) is 7.99. The SMILES string of the molecule is CN[Si](C)(C)CC[SiH](C)C. The van der Waals surface area contributed by atoms with Gasteiger partial charge in [0.2, 0.25) is 0 Å². The normalized spacial score (nSPS) is 12.6. The van der Waals surface area contributed by atoms with Crippen LogP contribution in [0.25, 0.3) is 0 Å². The lowest BCUT2D eigenvalue weighted by Crippen LogP contribution is -2.42. The lowest BCUT2D eigenvalue weighted by molar-refractivity contribution is 1.11. The van der Waals surface area contributed by atoms with E-state index < -0.39 is 8.24 Å². The fourth-order valence-corrected chi connectivity index (χ4v) is 6.22. The molecule has 0 aromatic heterocycles. The molecule has 0 amide bonds. The first-order chi connectivity index (χ1) is 4.48. The Morgan fingerprint density at radius 2 is 1.80 bits per heavy atom. The van der Waals surface area contributed by atoms with Crippen LogP contribution in [-0.4, -0.2) is 24.1 Å². The van der Waals surface area contributed by atoms with Crippen molar-refractivity contribution in [3.05, 3.63) is 0 Å². The van der Waals surface area contributed by atoms with Crippen LogP contribution < -0.4 is 4.98 Å². The van der Waals surface area contributed by atoms with E-state index in [9.17, 15) is 0 Å². The highest BCUT2D eigenvalue weighted by molar-refractivity contribution is 6.76. The predicted octanol–water partition coefficient (Wildman–Crippen LogP) is 1.90. The Morgan fingerprint density at radius 3 is 2.10 bits per heavy atom. The molecule has 0 aromatic carbocycles. The Labute approximate surface area is 67.9 Å². The second kappa shape index (κ2) is 4.31. The van der Waals surface area contributed by atoms with E-state index in [1.54, 1.807) is 0 Å². The first kappa shape index (κ1) is 10.4. The molecule has 0 atom stereocenters. The molecule has 0 fully saturated rings. The van der Waals surface area contributed by atoms with Gasteiger partial charge in [-0.3, -0.25) is 0 Å². The summed E-state index contributed by atoms with van der Waals surface area (Å²) in [6, 6.07) is 2.98. The standard InChI is InChI=1S/C7H21NSi2/c1-8-10(4,5)7-6-9(2)3/h8-9H,6-7H2,1-5H3. The number of nitrogens with one attached hydrogen (secondary N) is 1. The Bertz CT molecular complexity index is 91.6. The van der Waals surface area contributed by atoms with E-state index in [1.165, 1.54) is 12.1 Å². The van der Waals surface area contributed by atoms with Crippen LogP contribution in [0.1, 0.15) is 0 Å². The van der Waals surface area contributed by atoms with Crippen molar-refractivity contribution >= 4 is 17.0 Å². The Kier molecular flexibility index (Phi) is 4.48. The third-order valence-corrected chi connectivity index (χ3v) is 6.94. The average Bonchev–Trinajstić information content (AvgIpc) is 1.85. The van der Waals surface area contributed by atoms with Crippen LogP contribution in [0.3, 0.4) is 0 Å². The Hall–Kier alpha value is 0.394. The lowest BCUT2D eigenvalue weighted by Gasteiger charge is -2.21. The third-order valence-electron chi connectivity index (χ3n) is 2.02. The van der Waals surface area contributed by atoms with Crippen LogP contribution >= 0.6 is 0 Å². The molecule has 3 heteroatoms. The minimum Gasteiger partial charge on any atom is -0.340 e.